The molecule has 6 bridgehead atoms. The Bertz CT molecular complexity index is 2060. The first-order chi connectivity index (χ1) is 26.2. The number of pyridine rings is 2. The fourth-order valence-corrected chi connectivity index (χ4v) is 5.14. The molecule has 1 saturated heterocycles. The largest absolute Gasteiger partial charge is 0.480 e. The Morgan fingerprint density at radius 2 is 1.28 bits per heavy atom. The van der Waals surface area contributed by atoms with Gasteiger partial charge in [0.25, 0.3) is 0 Å². The number of hydrogen-bond donors (Lipinski definition) is 2. The minimum Gasteiger partial charge on any atom is -0.480 e. The third-order valence-electron chi connectivity index (χ3n) is 7.33. The van der Waals surface area contributed by atoms with Crippen LogP contribution in [0.1, 0.15) is 30.8 Å². The van der Waals surface area contributed by atoms with E-state index in [1.54, 1.807) is 30.3 Å². The van der Waals surface area contributed by atoms with Crippen molar-refractivity contribution in [3.63, 3.8) is 0 Å². The summed E-state index contributed by atoms with van der Waals surface area (Å²) >= 11 is 0. The number of carbonyl (C=O) groups is 2. The molecule has 255 valence electrons. The molecule has 0 aliphatic carbocycles. The molecule has 47 heavy (non-hydrogen) atoms. The van der Waals surface area contributed by atoms with Gasteiger partial charge in [0.15, 0.2) is 0 Å². The number of aromatic nitrogens is 5. The summed E-state index contributed by atoms with van der Waals surface area (Å²) in [5.41, 5.74) is 0.149. The van der Waals surface area contributed by atoms with E-state index in [0.717, 1.165) is 19.4 Å². The second-order valence-electron chi connectivity index (χ2n) is 10.5. The maximum Gasteiger partial charge on any atom is 0.317 e. The van der Waals surface area contributed by atoms with E-state index < -0.39 is 83.7 Å². The zero-order valence-corrected chi connectivity index (χ0v) is 26.7. The van der Waals surface area contributed by atoms with Crippen molar-refractivity contribution in [1.82, 2.24) is 44.6 Å². The molecule has 6 heterocycles. The number of carboxylic acids is 2. The molecule has 1 aromatic carbocycles. The van der Waals surface area contributed by atoms with E-state index in [0.29, 0.717) is 11.1 Å². The van der Waals surface area contributed by atoms with Crippen molar-refractivity contribution in [1.29, 1.82) is 0 Å². The summed E-state index contributed by atoms with van der Waals surface area (Å²) in [5, 5.41) is 27.8. The van der Waals surface area contributed by atoms with E-state index in [-0.39, 0.29) is 78.4 Å². The molecule has 3 aliphatic heterocycles. The van der Waals surface area contributed by atoms with Crippen molar-refractivity contribution in [3.05, 3.63) is 83.9 Å². The van der Waals surface area contributed by atoms with Crippen LogP contribution in [0, 0.1) is 36.9 Å². The molecule has 14 heteroatoms. The number of hydrogen-bond acceptors (Lipinski definition) is 10. The Hall–Kier alpha value is -3.33. The Morgan fingerprint density at radius 3 is 1.87 bits per heavy atom. The van der Waals surface area contributed by atoms with Crippen molar-refractivity contribution in [3.8, 4) is 22.5 Å². The molecular formula is C33H39LuN9O4. The normalized spacial score (nSPS) is 26.6. The maximum absolute atomic E-state index is 12.3. The topological polar surface area (TPSA) is 144 Å². The van der Waals surface area contributed by atoms with Gasteiger partial charge in [0.2, 0.25) is 0 Å². The summed E-state index contributed by atoms with van der Waals surface area (Å²) in [6.07, 6.45) is 1.23. The predicted molar refractivity (Wildman–Crippen MR) is 171 cm³/mol. The van der Waals surface area contributed by atoms with E-state index in [4.69, 9.17) is 5.48 Å². The van der Waals surface area contributed by atoms with Gasteiger partial charge in [-0.05, 0) is 35.4 Å². The van der Waals surface area contributed by atoms with Crippen LogP contribution in [0.4, 0.5) is 0 Å². The molecule has 1 radical (unpaired) electrons. The molecule has 0 saturated carbocycles. The van der Waals surface area contributed by atoms with Gasteiger partial charge in [0.05, 0.1) is 56.7 Å². The van der Waals surface area contributed by atoms with Crippen molar-refractivity contribution in [2.75, 3.05) is 65.4 Å². The molecule has 4 aromatic rings. The third-order valence-corrected chi connectivity index (χ3v) is 7.33. The van der Waals surface area contributed by atoms with Gasteiger partial charge in [-0.15, -0.1) is 5.10 Å². The Labute approximate surface area is 317 Å². The van der Waals surface area contributed by atoms with Gasteiger partial charge in [-0.1, -0.05) is 41.6 Å². The summed E-state index contributed by atoms with van der Waals surface area (Å²) < 4.78 is 91.1. The fraction of sp³-hybridized carbons (Fsp3) is 0.394. The minimum atomic E-state index is -3.01. The SMILES string of the molecule is [2H]C([2H])(C(=O)O)N1CCN2CCN(C([2H])([2H])C(=O)O)CCN(CC1)C([2H])([2H])c1cc(-c3ccccc3)cc(n1)C([2H])([2H])n1nncc1-c1cccc(n1)C2([2H])[2H].[Lu]. The first-order valence-electron chi connectivity index (χ1n) is 19.6. The van der Waals surface area contributed by atoms with Crippen LogP contribution in [-0.2, 0) is 29.1 Å². The van der Waals surface area contributed by atoms with Gasteiger partial charge >= 0.3 is 11.9 Å². The van der Waals surface area contributed by atoms with Crippen molar-refractivity contribution >= 4 is 11.9 Å². The summed E-state index contributed by atoms with van der Waals surface area (Å²) in [5.74, 6) is -3.67. The van der Waals surface area contributed by atoms with Crippen LogP contribution in [0.5, 0.6) is 0 Å². The van der Waals surface area contributed by atoms with Gasteiger partial charge in [-0.2, -0.15) is 0 Å². The number of aliphatic carboxylic acids is 2. The molecule has 0 unspecified atom stereocenters. The molecule has 13 nitrogen and oxygen atoms in total. The van der Waals surface area contributed by atoms with Crippen LogP contribution in [-0.4, -0.2) is 132 Å². The van der Waals surface area contributed by atoms with Crippen LogP contribution < -0.4 is 0 Å². The monoisotopic (exact) mass is 810 g/mol. The van der Waals surface area contributed by atoms with Gasteiger partial charge in [0.1, 0.15) is 5.69 Å². The summed E-state index contributed by atoms with van der Waals surface area (Å²) in [6.45, 7) is -17.1. The first-order valence-corrected chi connectivity index (χ1v) is 14.6. The Morgan fingerprint density at radius 1 is 0.702 bits per heavy atom. The Kier molecular flexibility index (Phi) is 8.48. The number of carboxylic acid groups (broad SMARTS) is 2. The van der Waals surface area contributed by atoms with E-state index in [1.807, 2.05) is 0 Å². The van der Waals surface area contributed by atoms with Crippen molar-refractivity contribution in [2.45, 2.75) is 19.5 Å². The zero-order chi connectivity index (χ0) is 40.8. The standard InChI is InChI=1S/C33H39N9O4.Lu/c43-32(44)23-40-13-9-38-10-14-41(24-33(45)46)16-12-39(11-15-40)21-28-17-26(25-5-2-1-3-6-25)18-29(35-28)22-42-31(19-34-37-42)30-8-4-7-27(20-38)36-30;/h1-8,17-19H,9-16,20-24H2,(H,43,44)(H,45,46);/i20D2,21D2,22D2,23D2,24D2;. The average molecular weight is 811 g/mol. The van der Waals surface area contributed by atoms with Crippen molar-refractivity contribution in [2.24, 2.45) is 0 Å². The second kappa shape index (κ2) is 16.7. The first kappa shape index (κ1) is 23.9. The van der Waals surface area contributed by atoms with Gasteiger partial charge in [-0.25, -0.2) is 9.67 Å². The smallest absolute Gasteiger partial charge is 0.317 e. The minimum absolute atomic E-state index is 0. The maximum atomic E-state index is 12.3. The van der Waals surface area contributed by atoms with Gasteiger partial charge in [-0.3, -0.25) is 34.2 Å². The summed E-state index contributed by atoms with van der Waals surface area (Å²) in [4.78, 5) is 37.8. The number of nitrogens with zero attached hydrogens (tertiary/aromatic N) is 9. The number of rotatable bonds is 5. The fourth-order valence-electron chi connectivity index (χ4n) is 5.14. The average Bonchev–Trinajstić information content (AvgIpc) is 3.66. The van der Waals surface area contributed by atoms with E-state index in [1.165, 1.54) is 41.4 Å². The van der Waals surface area contributed by atoms with Crippen LogP contribution in [0.2, 0.25) is 0 Å². The van der Waals surface area contributed by atoms with E-state index >= 15 is 0 Å². The molecule has 0 atom stereocenters. The zero-order valence-electron chi connectivity index (χ0n) is 35.0. The van der Waals surface area contributed by atoms with Gasteiger partial charge in [0, 0.05) is 108 Å². The van der Waals surface area contributed by atoms with Crippen LogP contribution >= 0.6 is 0 Å². The van der Waals surface area contributed by atoms with Gasteiger partial charge < -0.3 is 10.2 Å². The quantitative estimate of drug-likeness (QED) is 0.304. The summed E-state index contributed by atoms with van der Waals surface area (Å²) in [7, 11) is 0. The summed E-state index contributed by atoms with van der Waals surface area (Å²) in [6, 6.07) is 15.9. The molecule has 0 amide bonds. The Balaban J connectivity index is 0.00000620. The molecule has 2 N–H and O–H groups in total. The molecule has 7 rings (SSSR count). The molecule has 3 aromatic heterocycles. The second-order valence-corrected chi connectivity index (χ2v) is 10.5. The van der Waals surface area contributed by atoms with E-state index in [9.17, 15) is 28.0 Å². The van der Waals surface area contributed by atoms with Crippen molar-refractivity contribution < 1.29 is 70.4 Å². The third kappa shape index (κ3) is 9.85. The predicted octanol–water partition coefficient (Wildman–Crippen LogP) is 1.85. The van der Waals surface area contributed by atoms with Crippen LogP contribution in [0.25, 0.3) is 22.5 Å². The van der Waals surface area contributed by atoms with E-state index in [2.05, 4.69) is 20.3 Å². The molecular weight excluding hydrogens is 761 g/mol. The van der Waals surface area contributed by atoms with Crippen LogP contribution in [0.15, 0.2) is 66.9 Å². The number of fused-ring (bicyclic) bond motifs is 8. The van der Waals surface area contributed by atoms with Crippen LogP contribution in [0.3, 0.4) is 0 Å². The number of benzene rings is 1. The molecule has 1 fully saturated rings. The molecule has 0 spiro atoms. The molecule has 3 aliphatic rings.